The van der Waals surface area contributed by atoms with E-state index in [4.69, 9.17) is 1.37 Å². The van der Waals surface area contributed by atoms with Crippen molar-refractivity contribution in [1.82, 2.24) is 0 Å². The van der Waals surface area contributed by atoms with E-state index in [0.717, 1.165) is 92.4 Å². The molecule has 0 atom stereocenters. The van der Waals surface area contributed by atoms with E-state index >= 15 is 0 Å². The molecule has 0 radical (unpaired) electrons. The van der Waals surface area contributed by atoms with E-state index in [1.807, 2.05) is 0 Å². The first kappa shape index (κ1) is 50.8. The summed E-state index contributed by atoms with van der Waals surface area (Å²) < 4.78 is 48.5. The highest BCUT2D eigenvalue weighted by atomic mass is 32.1. The molecule has 0 amide bonds. The lowest BCUT2D eigenvalue weighted by molar-refractivity contribution is 0.332. The van der Waals surface area contributed by atoms with E-state index in [9.17, 15) is 5.48 Å². The number of fused-ring (bicyclic) bond motifs is 10. The van der Waals surface area contributed by atoms with Crippen LogP contribution in [0.15, 0.2) is 103 Å². The van der Waals surface area contributed by atoms with E-state index in [0.29, 0.717) is 5.56 Å². The van der Waals surface area contributed by atoms with Crippen LogP contribution in [-0.4, -0.2) is 6.71 Å². The Balaban J connectivity index is 1.20. The second kappa shape index (κ2) is 17.7. The summed E-state index contributed by atoms with van der Waals surface area (Å²) in [6.45, 7) is 48.8. The molecule has 5 aliphatic carbocycles. The van der Waals surface area contributed by atoms with Crippen molar-refractivity contribution >= 4 is 67.9 Å². The lowest BCUT2D eigenvalue weighted by Gasteiger charge is -2.48. The zero-order valence-corrected chi connectivity index (χ0v) is 55.7. The summed E-state index contributed by atoms with van der Waals surface area (Å²) >= 11 is 2.10. The number of hydrogen-bond donors (Lipinski definition) is 0. The van der Waals surface area contributed by atoms with Gasteiger partial charge in [0.1, 0.15) is 0 Å². The number of benzene rings is 6. The van der Waals surface area contributed by atoms with Gasteiger partial charge in [-0.25, -0.2) is 0 Å². The van der Waals surface area contributed by atoms with Gasteiger partial charge in [0, 0.05) is 38.1 Å². The second-order valence-electron chi connectivity index (χ2n) is 34.2. The fraction of sp³-hybridized carbons (Fsp3) is 0.500. The smallest absolute Gasteiger partial charge is 0.264 e. The molecule has 2 nitrogen and oxygen atoms in total. The van der Waals surface area contributed by atoms with Gasteiger partial charge in [-0.1, -0.05) is 187 Å². The van der Waals surface area contributed by atoms with Crippen molar-refractivity contribution in [1.29, 1.82) is 0 Å². The Morgan fingerprint density at radius 3 is 1.24 bits per heavy atom. The Morgan fingerprint density at radius 1 is 0.369 bits per heavy atom. The van der Waals surface area contributed by atoms with Gasteiger partial charge >= 0.3 is 0 Å². The molecule has 2 aliphatic heterocycles. The van der Waals surface area contributed by atoms with Crippen LogP contribution in [0.5, 0.6) is 0 Å². The fourth-order valence-corrected chi connectivity index (χ4v) is 19.1. The first-order valence-electron chi connectivity index (χ1n) is 34.8. The van der Waals surface area contributed by atoms with Crippen molar-refractivity contribution in [2.24, 2.45) is 0 Å². The summed E-state index contributed by atoms with van der Waals surface area (Å²) in [6, 6.07) is 28.7. The molecule has 3 heterocycles. The predicted molar refractivity (Wildman–Crippen MR) is 366 cm³/mol. The molecule has 436 valence electrons. The molecule has 0 fully saturated rings. The monoisotopic (exact) mass is 1130 g/mol. The lowest BCUT2D eigenvalue weighted by Crippen LogP contribution is -2.61. The Bertz CT molecular complexity index is 4230. The number of anilines is 6. The molecule has 1 aromatic heterocycles. The summed E-state index contributed by atoms with van der Waals surface area (Å²) in [7, 11) is 0. The Morgan fingerprint density at radius 2 is 0.750 bits per heavy atom. The predicted octanol–water partition coefficient (Wildman–Crippen LogP) is 20.9. The molecular weight excluding hydrogens is 1030 g/mol. The van der Waals surface area contributed by atoms with Crippen LogP contribution in [0.1, 0.15) is 264 Å². The fourth-order valence-electron chi connectivity index (χ4n) is 17.4. The Kier molecular flexibility index (Phi) is 10.7. The van der Waals surface area contributed by atoms with Crippen LogP contribution < -0.4 is 25.5 Å². The Hall–Kier alpha value is -5.32. The zero-order valence-electron chi connectivity index (χ0n) is 59.9. The normalized spacial score (nSPS) is 23.8. The first-order chi connectivity index (χ1) is 41.1. The summed E-state index contributed by atoms with van der Waals surface area (Å²) in [5, 5.41) is 0. The average Bonchev–Trinajstić information content (AvgIpc) is 1.66. The number of nitrogens with zero attached hydrogens (tertiary/aromatic N) is 2. The third kappa shape index (κ3) is 8.18. The number of thiophene rings is 1. The summed E-state index contributed by atoms with van der Waals surface area (Å²) in [5.74, 6) is 0. The lowest BCUT2D eigenvalue weighted by atomic mass is 9.35. The van der Waals surface area contributed by atoms with Crippen molar-refractivity contribution in [2.75, 3.05) is 9.80 Å². The largest absolute Gasteiger partial charge is 0.311 e. The standard InChI is InChI=1S/C80H97BN2S/c1-71(2)30-32-73(5,6)56-42-50(26-28-54(56)71)82-63-47-61-60(77(13,14)36-37-78(61,15)16)46-62(63)81-67-64(82)40-49(53-45-59-58(75(9,10)34-35-76(59,11)12)44-52(53)48-24-22-21-23-25-48)41-65(67)83(51-27-29-55-57(43-51)74(7,8)33-31-72(55,3)4)68-66-69(84-70(68)81)80(19,20)39-38-79(66,17)18/h21-29,40-47H,30-39H2,1-20H3/i21D,22D,23D,24D,25D. The van der Waals surface area contributed by atoms with Gasteiger partial charge in [0.05, 0.1) is 12.5 Å². The minimum Gasteiger partial charge on any atom is -0.311 e. The van der Waals surface area contributed by atoms with Crippen LogP contribution in [0.2, 0.25) is 0 Å². The minimum atomic E-state index is -0.373. The summed E-state index contributed by atoms with van der Waals surface area (Å²) in [4.78, 5) is 6.93. The maximum absolute atomic E-state index is 9.83. The van der Waals surface area contributed by atoms with Crippen LogP contribution >= 0.6 is 11.3 Å². The van der Waals surface area contributed by atoms with E-state index in [-0.39, 0.29) is 96.6 Å². The van der Waals surface area contributed by atoms with E-state index in [1.165, 1.54) is 87.7 Å². The van der Waals surface area contributed by atoms with Gasteiger partial charge in [-0.15, -0.1) is 0 Å². The molecule has 0 spiro atoms. The summed E-state index contributed by atoms with van der Waals surface area (Å²) in [5.41, 5.74) is 24.4. The number of hydrogen-bond acceptors (Lipinski definition) is 3. The topological polar surface area (TPSA) is 6.48 Å². The SMILES string of the molecule is [2H]c1c([2H])c([2H])c(-c2cc3c(cc2-c2cc4c5c(c2)N(c2ccc6c(c2)C(C)(C)CCC6(C)C)c2c(sc6c2C(C)(C)CCC6(C)C)B5c2cc5c(cc2N4c2ccc4c(c2)C(C)(C)CCC4(C)C)C(C)(C)CCC5(C)C)C(C)(C)CCC3(C)C)c([2H])c1[2H]. The molecule has 0 unspecified atom stereocenters. The Labute approximate surface area is 518 Å². The van der Waals surface area contributed by atoms with Crippen molar-refractivity contribution < 1.29 is 6.85 Å². The molecule has 0 N–H and O–H groups in total. The number of rotatable bonds is 4. The molecule has 7 aliphatic rings. The van der Waals surface area contributed by atoms with E-state index in [1.54, 1.807) is 0 Å². The summed E-state index contributed by atoms with van der Waals surface area (Å²) in [6.07, 6.45) is 10.9. The van der Waals surface area contributed by atoms with Crippen LogP contribution in [0.3, 0.4) is 0 Å². The van der Waals surface area contributed by atoms with Crippen LogP contribution in [0.4, 0.5) is 34.1 Å². The van der Waals surface area contributed by atoms with Crippen molar-refractivity contribution in [3.63, 3.8) is 0 Å². The van der Waals surface area contributed by atoms with Gasteiger partial charge in [0.2, 0.25) is 0 Å². The molecule has 6 aromatic carbocycles. The second-order valence-corrected chi connectivity index (χ2v) is 35.3. The molecule has 4 heteroatoms. The van der Waals surface area contributed by atoms with Crippen molar-refractivity contribution in [2.45, 2.75) is 257 Å². The van der Waals surface area contributed by atoms with Crippen molar-refractivity contribution in [3.8, 4) is 22.3 Å². The third-order valence-corrected chi connectivity index (χ3v) is 25.4. The highest BCUT2D eigenvalue weighted by Gasteiger charge is 2.53. The van der Waals surface area contributed by atoms with E-state index in [2.05, 4.69) is 232 Å². The van der Waals surface area contributed by atoms with Crippen LogP contribution in [0.25, 0.3) is 22.3 Å². The van der Waals surface area contributed by atoms with Crippen LogP contribution in [-0.2, 0) is 54.1 Å². The highest BCUT2D eigenvalue weighted by Crippen LogP contribution is 2.60. The van der Waals surface area contributed by atoms with Gasteiger partial charge in [-0.05, 0) is 256 Å². The van der Waals surface area contributed by atoms with Gasteiger partial charge in [-0.2, -0.15) is 11.3 Å². The molecule has 14 rings (SSSR count). The molecule has 0 saturated heterocycles. The molecule has 7 aromatic rings. The average molecular weight is 1130 g/mol. The maximum Gasteiger partial charge on any atom is 0.264 e. The van der Waals surface area contributed by atoms with Gasteiger partial charge in [-0.3, -0.25) is 0 Å². The third-order valence-electron chi connectivity index (χ3n) is 23.8. The maximum atomic E-state index is 9.83. The quantitative estimate of drug-likeness (QED) is 0.162. The minimum absolute atomic E-state index is 0.0199. The zero-order chi connectivity index (χ0) is 64.2. The van der Waals surface area contributed by atoms with E-state index < -0.39 is 0 Å². The molecule has 0 saturated carbocycles. The highest BCUT2D eigenvalue weighted by molar-refractivity contribution is 7.29. The molecule has 0 bridgehead atoms. The van der Waals surface area contributed by atoms with Gasteiger partial charge in [0.25, 0.3) is 6.71 Å². The van der Waals surface area contributed by atoms with Crippen molar-refractivity contribution in [3.05, 3.63) is 158 Å². The van der Waals surface area contributed by atoms with Gasteiger partial charge < -0.3 is 9.80 Å². The van der Waals surface area contributed by atoms with Crippen LogP contribution in [0, 0.1) is 0 Å². The molecular formula is C80H97BN2S. The first-order valence-corrected chi connectivity index (χ1v) is 33.2. The van der Waals surface area contributed by atoms with Gasteiger partial charge in [0.15, 0.2) is 0 Å². The molecule has 84 heavy (non-hydrogen) atoms.